The molecule has 0 radical (unpaired) electrons. The number of benzene rings is 1. The van der Waals surface area contributed by atoms with Crippen molar-refractivity contribution in [3.63, 3.8) is 0 Å². The monoisotopic (exact) mass is 460 g/mol. The molecule has 1 aliphatic heterocycles. The van der Waals surface area contributed by atoms with Crippen molar-refractivity contribution in [1.29, 1.82) is 0 Å². The van der Waals surface area contributed by atoms with Crippen LogP contribution >= 0.6 is 0 Å². The summed E-state index contributed by atoms with van der Waals surface area (Å²) < 4.78 is 28.9. The average molecular weight is 460 g/mol. The van der Waals surface area contributed by atoms with Crippen molar-refractivity contribution in [3.8, 4) is 11.3 Å². The Hall–Kier alpha value is -3.46. The number of fused-ring (bicyclic) bond motifs is 5. The molecule has 2 atom stereocenters. The van der Waals surface area contributed by atoms with Gasteiger partial charge in [-0.15, -0.1) is 5.10 Å². The highest BCUT2D eigenvalue weighted by Gasteiger charge is 2.65. The molecule has 2 aromatic heterocycles. The lowest BCUT2D eigenvalue weighted by atomic mass is 9.66. The van der Waals surface area contributed by atoms with Gasteiger partial charge < -0.3 is 5.11 Å². The summed E-state index contributed by atoms with van der Waals surface area (Å²) in [6, 6.07) is 5.58. The molecule has 34 heavy (non-hydrogen) atoms. The van der Waals surface area contributed by atoms with Gasteiger partial charge in [0.2, 0.25) is 0 Å². The fraction of sp³-hybridized carbons (Fsp3) is 0.360. The van der Waals surface area contributed by atoms with Gasteiger partial charge in [0.15, 0.2) is 0 Å². The molecule has 0 unspecified atom stereocenters. The van der Waals surface area contributed by atoms with Crippen LogP contribution in [0.4, 0.5) is 8.78 Å². The Balaban J connectivity index is 1.47. The van der Waals surface area contributed by atoms with E-state index in [2.05, 4.69) is 39.2 Å². The number of aliphatic hydroxyl groups excluding tert-OH is 1. The zero-order valence-electron chi connectivity index (χ0n) is 18.8. The molecule has 2 bridgehead atoms. The van der Waals surface area contributed by atoms with E-state index < -0.39 is 17.0 Å². The van der Waals surface area contributed by atoms with Gasteiger partial charge in [-0.1, -0.05) is 19.9 Å². The first kappa shape index (κ1) is 21.1. The number of halogens is 2. The van der Waals surface area contributed by atoms with Crippen LogP contribution in [0, 0.1) is 17.0 Å². The van der Waals surface area contributed by atoms with Gasteiger partial charge >= 0.3 is 0 Å². The number of rotatable bonds is 4. The molecule has 7 nitrogen and oxygen atoms in total. The Morgan fingerprint density at radius 2 is 1.85 bits per heavy atom. The summed E-state index contributed by atoms with van der Waals surface area (Å²) >= 11 is 0. The fourth-order valence-electron chi connectivity index (χ4n) is 6.09. The highest BCUT2D eigenvalue weighted by Crippen LogP contribution is 2.69. The minimum atomic E-state index is -0.660. The van der Waals surface area contributed by atoms with Crippen molar-refractivity contribution in [2.75, 3.05) is 6.61 Å². The fourth-order valence-corrected chi connectivity index (χ4v) is 6.09. The molecule has 6 rings (SSSR count). The highest BCUT2D eigenvalue weighted by molar-refractivity contribution is 6.14. The van der Waals surface area contributed by atoms with Crippen LogP contribution in [-0.2, 0) is 5.41 Å². The zero-order valence-corrected chi connectivity index (χ0v) is 18.8. The quantitative estimate of drug-likeness (QED) is 0.636. The van der Waals surface area contributed by atoms with Crippen LogP contribution in [0.15, 0.2) is 46.9 Å². The second-order valence-corrected chi connectivity index (χ2v) is 9.69. The molecule has 9 heteroatoms. The lowest BCUT2D eigenvalue weighted by molar-refractivity contribution is 0.242. The summed E-state index contributed by atoms with van der Waals surface area (Å²) in [6.07, 6.45) is 5.57. The van der Waals surface area contributed by atoms with Crippen molar-refractivity contribution < 1.29 is 13.9 Å². The molecule has 1 N–H and O–H groups in total. The lowest BCUT2D eigenvalue weighted by Gasteiger charge is -2.37. The predicted molar refractivity (Wildman–Crippen MR) is 122 cm³/mol. The molecule has 1 fully saturated rings. The van der Waals surface area contributed by atoms with Crippen molar-refractivity contribution in [3.05, 3.63) is 70.9 Å². The van der Waals surface area contributed by atoms with E-state index in [4.69, 9.17) is 4.98 Å². The molecule has 0 spiro atoms. The third kappa shape index (κ3) is 2.70. The summed E-state index contributed by atoms with van der Waals surface area (Å²) in [6.45, 7) is 4.22. The van der Waals surface area contributed by atoms with E-state index >= 15 is 0 Å². The molecular weight excluding hydrogens is 438 g/mol. The summed E-state index contributed by atoms with van der Waals surface area (Å²) in [5.74, 6) is -1.18. The number of hydrogen-bond acceptors (Lipinski definition) is 7. The van der Waals surface area contributed by atoms with Gasteiger partial charge in [-0.3, -0.25) is 4.98 Å². The molecule has 1 aromatic carbocycles. The van der Waals surface area contributed by atoms with Crippen LogP contribution in [0.3, 0.4) is 0 Å². The molecule has 1 saturated carbocycles. The smallest absolute Gasteiger partial charge is 0.135 e. The number of nitrogens with zero attached hydrogens (tertiary/aromatic N) is 6. The first-order chi connectivity index (χ1) is 16.4. The summed E-state index contributed by atoms with van der Waals surface area (Å²) in [5.41, 5.74) is 3.64. The van der Waals surface area contributed by atoms with Crippen LogP contribution in [0.5, 0.6) is 0 Å². The van der Waals surface area contributed by atoms with E-state index in [1.165, 1.54) is 18.2 Å². The largest absolute Gasteiger partial charge is 0.390 e. The van der Waals surface area contributed by atoms with Crippen molar-refractivity contribution in [1.82, 2.24) is 20.2 Å². The van der Waals surface area contributed by atoms with Gasteiger partial charge in [-0.2, -0.15) is 15.3 Å². The van der Waals surface area contributed by atoms with E-state index in [-0.39, 0.29) is 29.2 Å². The summed E-state index contributed by atoms with van der Waals surface area (Å²) in [5, 5.41) is 26.4. The van der Waals surface area contributed by atoms with E-state index in [1.54, 1.807) is 18.5 Å². The minimum absolute atomic E-state index is 0.144. The van der Waals surface area contributed by atoms with Gasteiger partial charge in [-0.05, 0) is 47.9 Å². The number of aliphatic hydroxyl groups is 1. The molecule has 2 aliphatic carbocycles. The van der Waals surface area contributed by atoms with Crippen LogP contribution < -0.4 is 0 Å². The Morgan fingerprint density at radius 1 is 1.06 bits per heavy atom. The molecule has 0 amide bonds. The van der Waals surface area contributed by atoms with Crippen LogP contribution in [-0.4, -0.2) is 43.3 Å². The summed E-state index contributed by atoms with van der Waals surface area (Å²) in [7, 11) is 0. The lowest BCUT2D eigenvalue weighted by Crippen LogP contribution is -2.38. The van der Waals surface area contributed by atoms with E-state index in [0.717, 1.165) is 29.8 Å². The van der Waals surface area contributed by atoms with E-state index in [9.17, 15) is 13.9 Å². The first-order valence-corrected chi connectivity index (χ1v) is 11.3. The zero-order chi connectivity index (χ0) is 23.7. The number of hydrogen-bond donors (Lipinski definition) is 1. The molecule has 3 aliphatic rings. The van der Waals surface area contributed by atoms with Gasteiger partial charge in [-0.25, -0.2) is 13.8 Å². The highest BCUT2D eigenvalue weighted by atomic mass is 19.1. The van der Waals surface area contributed by atoms with Crippen LogP contribution in [0.1, 0.15) is 61.7 Å². The molecule has 3 aromatic rings. The molecule has 3 heterocycles. The van der Waals surface area contributed by atoms with Crippen molar-refractivity contribution in [2.45, 2.75) is 44.4 Å². The molecule has 172 valence electrons. The Morgan fingerprint density at radius 3 is 2.59 bits per heavy atom. The topological polar surface area (TPSA) is 96.5 Å². The minimum Gasteiger partial charge on any atom is -0.390 e. The van der Waals surface area contributed by atoms with Gasteiger partial charge in [0.25, 0.3) is 0 Å². The third-order valence-corrected chi connectivity index (χ3v) is 7.83. The van der Waals surface area contributed by atoms with Gasteiger partial charge in [0.1, 0.15) is 17.3 Å². The van der Waals surface area contributed by atoms with Crippen LogP contribution in [0.25, 0.3) is 11.3 Å². The maximum atomic E-state index is 14.5. The standard InChI is InChI=1S/C25H22F2N6O/c1-24(2)15-6-7-25(24,21-11-28-10-20(29-21)18-8-13(12-34)30-31-18)23-14(15)9-19(32-33-23)22-16(26)4-3-5-17(22)27/h3-5,9-11,15,34H,6-8,12H2,1-2H3/t15-,25-/m0/s1. The second-order valence-electron chi connectivity index (χ2n) is 9.69. The Labute approximate surface area is 194 Å². The normalized spacial score (nSPS) is 24.2. The number of aromatic nitrogens is 4. The predicted octanol–water partition coefficient (Wildman–Crippen LogP) is 3.96. The first-order valence-electron chi connectivity index (χ1n) is 11.3. The SMILES string of the molecule is CC1(C)[C@H]2CC[C@]1(c1cncc(C3=NN=C(CO)C3)n1)c1nnc(-c3c(F)cccc3F)cc12. The molecule has 0 saturated heterocycles. The maximum absolute atomic E-state index is 14.5. The second kappa shape index (κ2) is 7.27. The van der Waals surface area contributed by atoms with Crippen molar-refractivity contribution >= 4 is 11.4 Å². The Bertz CT molecular complexity index is 1380. The van der Waals surface area contributed by atoms with Crippen molar-refractivity contribution in [2.24, 2.45) is 15.6 Å². The maximum Gasteiger partial charge on any atom is 0.135 e. The third-order valence-electron chi connectivity index (χ3n) is 7.83. The summed E-state index contributed by atoms with van der Waals surface area (Å²) in [4.78, 5) is 9.40. The molecular formula is C25H22F2N6O. The van der Waals surface area contributed by atoms with E-state index in [1.807, 2.05) is 0 Å². The Kier molecular flexibility index (Phi) is 4.51. The van der Waals surface area contributed by atoms with E-state index in [0.29, 0.717) is 23.5 Å². The van der Waals surface area contributed by atoms with Crippen LogP contribution in [0.2, 0.25) is 0 Å². The van der Waals surface area contributed by atoms with Gasteiger partial charge in [0, 0.05) is 12.6 Å². The average Bonchev–Trinajstić information content (AvgIpc) is 3.47. The van der Waals surface area contributed by atoms with Gasteiger partial charge in [0.05, 0.1) is 52.3 Å².